The van der Waals surface area contributed by atoms with Crippen LogP contribution in [-0.2, 0) is 4.74 Å². The SMILES string of the molecule is C[C@@H](N)c1cc(Br)ccc1OCCOC(C)(C)C. The normalized spacial score (nSPS) is 13.4. The van der Waals surface area contributed by atoms with Crippen LogP contribution in [0.2, 0.25) is 0 Å². The predicted molar refractivity (Wildman–Crippen MR) is 77.9 cm³/mol. The molecule has 0 fully saturated rings. The van der Waals surface area contributed by atoms with Crippen molar-refractivity contribution in [3.8, 4) is 5.75 Å². The molecule has 0 radical (unpaired) electrons. The van der Waals surface area contributed by atoms with E-state index in [0.29, 0.717) is 13.2 Å². The van der Waals surface area contributed by atoms with Gasteiger partial charge in [0.1, 0.15) is 12.4 Å². The summed E-state index contributed by atoms with van der Waals surface area (Å²) in [7, 11) is 0. The topological polar surface area (TPSA) is 44.5 Å². The van der Waals surface area contributed by atoms with Crippen molar-refractivity contribution >= 4 is 15.9 Å². The molecule has 0 aliphatic heterocycles. The van der Waals surface area contributed by atoms with Gasteiger partial charge in [-0.25, -0.2) is 0 Å². The minimum Gasteiger partial charge on any atom is -0.491 e. The van der Waals surface area contributed by atoms with Crippen molar-refractivity contribution < 1.29 is 9.47 Å². The largest absolute Gasteiger partial charge is 0.491 e. The Bertz CT molecular complexity index is 386. The van der Waals surface area contributed by atoms with Crippen LogP contribution in [0.1, 0.15) is 39.3 Å². The summed E-state index contributed by atoms with van der Waals surface area (Å²) in [5.74, 6) is 0.825. The molecule has 1 atom stereocenters. The van der Waals surface area contributed by atoms with E-state index in [1.165, 1.54) is 0 Å². The Hall–Kier alpha value is -0.580. The molecule has 1 aromatic carbocycles. The number of rotatable bonds is 5. The molecule has 0 spiro atoms. The second-order valence-corrected chi connectivity index (χ2v) is 6.20. The molecule has 1 aromatic rings. The standard InChI is InChI=1S/C14H22BrNO2/c1-10(16)12-9-11(15)5-6-13(12)17-7-8-18-14(2,3)4/h5-6,9-10H,7-8,16H2,1-4H3/t10-/m1/s1. The Morgan fingerprint density at radius 2 is 1.94 bits per heavy atom. The third-order valence-corrected chi connectivity index (χ3v) is 2.83. The van der Waals surface area contributed by atoms with Crippen LogP contribution in [0.25, 0.3) is 0 Å². The van der Waals surface area contributed by atoms with Gasteiger partial charge in [0.05, 0.1) is 12.2 Å². The van der Waals surface area contributed by atoms with Crippen molar-refractivity contribution in [1.82, 2.24) is 0 Å². The molecule has 0 amide bonds. The number of nitrogens with two attached hydrogens (primary N) is 1. The number of ether oxygens (including phenoxy) is 2. The van der Waals surface area contributed by atoms with E-state index >= 15 is 0 Å². The quantitative estimate of drug-likeness (QED) is 0.843. The van der Waals surface area contributed by atoms with Crippen LogP contribution in [-0.4, -0.2) is 18.8 Å². The van der Waals surface area contributed by atoms with E-state index in [1.807, 2.05) is 45.9 Å². The van der Waals surface area contributed by atoms with Gasteiger partial charge in [-0.3, -0.25) is 0 Å². The average molecular weight is 316 g/mol. The van der Waals surface area contributed by atoms with Crippen LogP contribution in [0.5, 0.6) is 5.75 Å². The summed E-state index contributed by atoms with van der Waals surface area (Å²) in [6.45, 7) is 9.12. The average Bonchev–Trinajstić information content (AvgIpc) is 2.24. The molecule has 0 aromatic heterocycles. The van der Waals surface area contributed by atoms with E-state index in [2.05, 4.69) is 15.9 Å². The third kappa shape index (κ3) is 5.38. The van der Waals surface area contributed by atoms with Gasteiger partial charge < -0.3 is 15.2 Å². The third-order valence-electron chi connectivity index (χ3n) is 2.34. The monoisotopic (exact) mass is 315 g/mol. The molecule has 0 unspecified atom stereocenters. The van der Waals surface area contributed by atoms with Gasteiger partial charge in [0.2, 0.25) is 0 Å². The summed E-state index contributed by atoms with van der Waals surface area (Å²) in [6, 6.07) is 5.82. The first kappa shape index (κ1) is 15.5. The predicted octanol–water partition coefficient (Wildman–Crippen LogP) is 3.66. The van der Waals surface area contributed by atoms with Gasteiger partial charge in [-0.15, -0.1) is 0 Å². The van der Waals surface area contributed by atoms with Crippen LogP contribution < -0.4 is 10.5 Å². The minimum absolute atomic E-state index is 0.0546. The van der Waals surface area contributed by atoms with Crippen molar-refractivity contribution in [2.45, 2.75) is 39.3 Å². The van der Waals surface area contributed by atoms with Crippen LogP contribution in [0.15, 0.2) is 22.7 Å². The van der Waals surface area contributed by atoms with Gasteiger partial charge in [-0.05, 0) is 45.9 Å². The molecule has 102 valence electrons. The fraction of sp³-hybridized carbons (Fsp3) is 0.571. The van der Waals surface area contributed by atoms with Gasteiger partial charge in [0.25, 0.3) is 0 Å². The fourth-order valence-electron chi connectivity index (χ4n) is 1.51. The van der Waals surface area contributed by atoms with Gasteiger partial charge in [-0.1, -0.05) is 15.9 Å². The van der Waals surface area contributed by atoms with E-state index in [0.717, 1.165) is 15.8 Å². The lowest BCUT2D eigenvalue weighted by atomic mass is 10.1. The molecule has 0 saturated carbocycles. The zero-order valence-electron chi connectivity index (χ0n) is 11.5. The first-order valence-corrected chi connectivity index (χ1v) is 6.90. The molecular weight excluding hydrogens is 294 g/mol. The number of hydrogen-bond donors (Lipinski definition) is 1. The van der Waals surface area contributed by atoms with E-state index in [4.69, 9.17) is 15.2 Å². The summed E-state index contributed by atoms with van der Waals surface area (Å²) < 4.78 is 12.3. The van der Waals surface area contributed by atoms with Crippen LogP contribution in [0.3, 0.4) is 0 Å². The Morgan fingerprint density at radius 1 is 1.28 bits per heavy atom. The van der Waals surface area contributed by atoms with E-state index < -0.39 is 0 Å². The van der Waals surface area contributed by atoms with Crippen molar-refractivity contribution in [1.29, 1.82) is 0 Å². The van der Waals surface area contributed by atoms with Gasteiger partial charge >= 0.3 is 0 Å². The van der Waals surface area contributed by atoms with E-state index in [-0.39, 0.29) is 11.6 Å². The van der Waals surface area contributed by atoms with Crippen molar-refractivity contribution in [2.24, 2.45) is 5.73 Å². The molecule has 2 N–H and O–H groups in total. The Morgan fingerprint density at radius 3 is 2.50 bits per heavy atom. The summed E-state index contributed by atoms with van der Waals surface area (Å²) >= 11 is 3.44. The Labute approximate surface area is 118 Å². The molecule has 0 aliphatic rings. The summed E-state index contributed by atoms with van der Waals surface area (Å²) in [5.41, 5.74) is 6.79. The highest BCUT2D eigenvalue weighted by Crippen LogP contribution is 2.27. The summed E-state index contributed by atoms with van der Waals surface area (Å²) in [5, 5.41) is 0. The zero-order chi connectivity index (χ0) is 13.8. The highest BCUT2D eigenvalue weighted by Gasteiger charge is 2.11. The minimum atomic E-state index is -0.132. The lowest BCUT2D eigenvalue weighted by molar-refractivity contribution is -0.0164. The maximum Gasteiger partial charge on any atom is 0.124 e. The lowest BCUT2D eigenvalue weighted by Gasteiger charge is -2.20. The number of benzene rings is 1. The van der Waals surface area contributed by atoms with E-state index in [1.54, 1.807) is 0 Å². The fourth-order valence-corrected chi connectivity index (χ4v) is 1.88. The molecule has 4 heteroatoms. The molecule has 0 aliphatic carbocycles. The van der Waals surface area contributed by atoms with Gasteiger partial charge in [0.15, 0.2) is 0 Å². The smallest absolute Gasteiger partial charge is 0.124 e. The maximum absolute atomic E-state index is 5.92. The summed E-state index contributed by atoms with van der Waals surface area (Å²) in [4.78, 5) is 0. The van der Waals surface area contributed by atoms with Crippen molar-refractivity contribution in [2.75, 3.05) is 13.2 Å². The summed E-state index contributed by atoms with van der Waals surface area (Å²) in [6.07, 6.45) is 0. The first-order valence-electron chi connectivity index (χ1n) is 6.11. The second-order valence-electron chi connectivity index (χ2n) is 5.28. The first-order chi connectivity index (χ1) is 8.29. The lowest BCUT2D eigenvalue weighted by Crippen LogP contribution is -2.22. The highest BCUT2D eigenvalue weighted by molar-refractivity contribution is 9.10. The van der Waals surface area contributed by atoms with Crippen molar-refractivity contribution in [3.63, 3.8) is 0 Å². The molecule has 0 bridgehead atoms. The Balaban J connectivity index is 2.57. The number of halogens is 1. The molecule has 0 heterocycles. The van der Waals surface area contributed by atoms with Crippen LogP contribution in [0.4, 0.5) is 0 Å². The molecule has 3 nitrogen and oxygen atoms in total. The van der Waals surface area contributed by atoms with Crippen LogP contribution >= 0.6 is 15.9 Å². The molecular formula is C14H22BrNO2. The highest BCUT2D eigenvalue weighted by atomic mass is 79.9. The van der Waals surface area contributed by atoms with Crippen molar-refractivity contribution in [3.05, 3.63) is 28.2 Å². The maximum atomic E-state index is 5.92. The van der Waals surface area contributed by atoms with Gasteiger partial charge in [-0.2, -0.15) is 0 Å². The van der Waals surface area contributed by atoms with E-state index in [9.17, 15) is 0 Å². The van der Waals surface area contributed by atoms with Crippen LogP contribution in [0, 0.1) is 0 Å². The molecule has 18 heavy (non-hydrogen) atoms. The van der Waals surface area contributed by atoms with Gasteiger partial charge in [0, 0.05) is 16.1 Å². The zero-order valence-corrected chi connectivity index (χ0v) is 13.1. The molecule has 1 rings (SSSR count). The number of hydrogen-bond acceptors (Lipinski definition) is 3. The second kappa shape index (κ2) is 6.55. The Kier molecular flexibility index (Phi) is 5.63. The molecule has 0 saturated heterocycles.